The Morgan fingerprint density at radius 1 is 1.11 bits per heavy atom. The Hall–Kier alpha value is -1.96. The highest BCUT2D eigenvalue weighted by molar-refractivity contribution is 7.09. The topological polar surface area (TPSA) is 115 Å². The zero-order valence-electron chi connectivity index (χ0n) is 9.63. The summed E-state index contributed by atoms with van der Waals surface area (Å²) in [4.78, 5) is 21.7. The molecule has 19 heavy (non-hydrogen) atoms. The van der Waals surface area contributed by atoms with Gasteiger partial charge in [-0.3, -0.25) is 0 Å². The van der Waals surface area contributed by atoms with Crippen molar-refractivity contribution < 1.29 is 30.0 Å². The molecule has 1 aromatic rings. The second-order valence-corrected chi connectivity index (χ2v) is 4.51. The fraction of sp³-hybridized carbons (Fsp3) is 0.167. The van der Waals surface area contributed by atoms with Gasteiger partial charge in [-0.15, -0.1) is 11.3 Å². The van der Waals surface area contributed by atoms with Gasteiger partial charge in [0, 0.05) is 0 Å². The van der Waals surface area contributed by atoms with Gasteiger partial charge in [-0.05, 0) is 11.4 Å². The molecule has 1 aromatic heterocycles. The maximum atomic E-state index is 11.2. The molecule has 0 bridgehead atoms. The summed E-state index contributed by atoms with van der Waals surface area (Å²) in [6.07, 6.45) is -2.47. The Kier molecular flexibility index (Phi) is 4.99. The zero-order valence-corrected chi connectivity index (χ0v) is 10.4. The molecule has 1 heterocycles. The first-order valence-corrected chi connectivity index (χ1v) is 6.02. The maximum Gasteiger partial charge on any atom is 0.344 e. The Morgan fingerprint density at radius 2 is 1.68 bits per heavy atom. The number of carbonyl (C=O) groups is 2. The van der Waals surface area contributed by atoms with Crippen LogP contribution in [0.4, 0.5) is 0 Å². The number of hydrogen-bond acceptors (Lipinski definition) is 5. The molecule has 1 rings (SSSR count). The van der Waals surface area contributed by atoms with E-state index in [2.05, 4.69) is 0 Å². The van der Waals surface area contributed by atoms with E-state index in [-0.39, 0.29) is 4.88 Å². The van der Waals surface area contributed by atoms with Gasteiger partial charge in [-0.2, -0.15) is 0 Å². The Morgan fingerprint density at radius 3 is 2.26 bits per heavy atom. The molecule has 6 nitrogen and oxygen atoms in total. The normalized spacial score (nSPS) is 14.8. The van der Waals surface area contributed by atoms with Crippen molar-refractivity contribution >= 4 is 23.3 Å². The predicted molar refractivity (Wildman–Crippen MR) is 67.1 cm³/mol. The summed E-state index contributed by atoms with van der Waals surface area (Å²) < 4.78 is 0. The molecule has 0 spiro atoms. The van der Waals surface area contributed by atoms with Crippen LogP contribution in [0.5, 0.6) is 0 Å². The second-order valence-electron chi connectivity index (χ2n) is 3.56. The number of hydrogen-bond donors (Lipinski definition) is 4. The molecule has 4 N–H and O–H groups in total. The molecule has 0 amide bonds. The molecule has 0 radical (unpaired) electrons. The average molecular weight is 284 g/mol. The van der Waals surface area contributed by atoms with Crippen molar-refractivity contribution in [3.63, 3.8) is 0 Å². The van der Waals surface area contributed by atoms with Gasteiger partial charge in [0.05, 0.1) is 4.88 Å². The van der Waals surface area contributed by atoms with Gasteiger partial charge < -0.3 is 20.4 Å². The first-order valence-electron chi connectivity index (χ1n) is 5.14. The number of aliphatic hydroxyl groups excluding tert-OH is 1. The fourth-order valence-corrected chi connectivity index (χ4v) is 2.14. The fourth-order valence-electron chi connectivity index (χ4n) is 1.29. The zero-order chi connectivity index (χ0) is 14.5. The number of aliphatic carboxylic acids is 2. The van der Waals surface area contributed by atoms with Crippen molar-refractivity contribution in [1.82, 2.24) is 0 Å². The van der Waals surface area contributed by atoms with Crippen LogP contribution in [0.1, 0.15) is 4.88 Å². The molecule has 0 aliphatic rings. The van der Waals surface area contributed by atoms with Crippen molar-refractivity contribution in [3.05, 3.63) is 46.7 Å². The summed E-state index contributed by atoms with van der Waals surface area (Å²) in [5.74, 6) is -3.66. The van der Waals surface area contributed by atoms with Crippen LogP contribution in [0.15, 0.2) is 41.8 Å². The molecule has 0 saturated heterocycles. The molecule has 102 valence electrons. The Bertz CT molecular complexity index is 500. The summed E-state index contributed by atoms with van der Waals surface area (Å²) in [7, 11) is 0. The summed E-state index contributed by atoms with van der Waals surface area (Å²) in [6.45, 7) is 0. The standard InChI is InChI=1S/C12H12O6S/c13-9(10(14)15)12(18,11(16)17)8-6-4-2-1-3-5-7-19-8/h1-7,9,13,18H,(H,14,15)(H,16,17)/t9-,12+/m0/s1. The highest BCUT2D eigenvalue weighted by atomic mass is 32.1. The van der Waals surface area contributed by atoms with Crippen molar-refractivity contribution in [2.45, 2.75) is 11.7 Å². The molecule has 7 heteroatoms. The van der Waals surface area contributed by atoms with E-state index >= 15 is 0 Å². The molecule has 0 fully saturated rings. The summed E-state index contributed by atoms with van der Waals surface area (Å²) in [5.41, 5.74) is -2.91. The van der Waals surface area contributed by atoms with E-state index in [0.717, 1.165) is 11.3 Å². The first-order chi connectivity index (χ1) is 8.90. The number of carboxylic acids is 2. The van der Waals surface area contributed by atoms with Crippen LogP contribution in [0.3, 0.4) is 0 Å². The first kappa shape index (κ1) is 15.1. The van der Waals surface area contributed by atoms with E-state index in [1.807, 2.05) is 0 Å². The van der Waals surface area contributed by atoms with Crippen LogP contribution in [-0.4, -0.2) is 38.5 Å². The largest absolute Gasteiger partial charge is 0.479 e. The van der Waals surface area contributed by atoms with Gasteiger partial charge >= 0.3 is 11.9 Å². The van der Waals surface area contributed by atoms with E-state index in [0.29, 0.717) is 0 Å². The van der Waals surface area contributed by atoms with E-state index in [1.165, 1.54) is 17.5 Å². The third-order valence-electron chi connectivity index (χ3n) is 2.30. The molecule has 0 aliphatic heterocycles. The number of carboxylic acid groups (broad SMARTS) is 2. The lowest BCUT2D eigenvalue weighted by atomic mass is 9.95. The molecule has 0 unspecified atom stereocenters. The minimum atomic E-state index is -2.91. The lowest BCUT2D eigenvalue weighted by Crippen LogP contribution is -2.50. The van der Waals surface area contributed by atoms with Crippen LogP contribution in [0.2, 0.25) is 0 Å². The molecule has 0 aromatic carbocycles. The van der Waals surface area contributed by atoms with Gasteiger partial charge in [0.2, 0.25) is 5.60 Å². The van der Waals surface area contributed by atoms with Crippen LogP contribution < -0.4 is 0 Å². The summed E-state index contributed by atoms with van der Waals surface area (Å²) >= 11 is 0.816. The van der Waals surface area contributed by atoms with E-state index in [1.54, 1.807) is 24.3 Å². The van der Waals surface area contributed by atoms with Gasteiger partial charge in [0.1, 0.15) is 0 Å². The van der Waals surface area contributed by atoms with Gasteiger partial charge in [-0.25, -0.2) is 9.59 Å². The SMILES string of the molecule is O=C(O)[C@H](O)[C@@](O)(C(=O)O)c1cccccccs1. The third-order valence-corrected chi connectivity index (χ3v) is 3.29. The molecule has 0 aliphatic carbocycles. The summed E-state index contributed by atoms with van der Waals surface area (Å²) in [5, 5.41) is 38.7. The van der Waals surface area contributed by atoms with Gasteiger partial charge in [-0.1, -0.05) is 30.3 Å². The van der Waals surface area contributed by atoms with Crippen LogP contribution >= 0.6 is 11.3 Å². The second kappa shape index (κ2) is 6.28. The molecule has 0 saturated carbocycles. The van der Waals surface area contributed by atoms with Crippen molar-refractivity contribution in [3.8, 4) is 0 Å². The highest BCUT2D eigenvalue weighted by Gasteiger charge is 2.50. The lowest BCUT2D eigenvalue weighted by molar-refractivity contribution is -0.184. The monoisotopic (exact) mass is 284 g/mol. The molecule has 2 atom stereocenters. The average Bonchev–Trinajstić information content (AvgIpc) is 2.49. The Balaban J connectivity index is 3.48. The smallest absolute Gasteiger partial charge is 0.344 e. The lowest BCUT2D eigenvalue weighted by Gasteiger charge is -2.25. The van der Waals surface area contributed by atoms with Crippen molar-refractivity contribution in [1.29, 1.82) is 0 Å². The van der Waals surface area contributed by atoms with Crippen molar-refractivity contribution in [2.24, 2.45) is 0 Å². The third kappa shape index (κ3) is 3.28. The van der Waals surface area contributed by atoms with Crippen LogP contribution in [0.25, 0.3) is 0 Å². The maximum absolute atomic E-state index is 11.2. The van der Waals surface area contributed by atoms with Gasteiger partial charge in [0.25, 0.3) is 0 Å². The van der Waals surface area contributed by atoms with E-state index in [4.69, 9.17) is 10.2 Å². The van der Waals surface area contributed by atoms with Crippen molar-refractivity contribution in [2.75, 3.05) is 0 Å². The van der Waals surface area contributed by atoms with Gasteiger partial charge in [0.15, 0.2) is 6.10 Å². The molecular formula is C12H12O6S. The Labute approximate surface area is 112 Å². The van der Waals surface area contributed by atoms with Crippen LogP contribution in [-0.2, 0) is 15.2 Å². The molecular weight excluding hydrogens is 272 g/mol. The quantitative estimate of drug-likeness (QED) is 0.643. The number of aliphatic hydroxyl groups is 2. The predicted octanol–water partition coefficient (Wildman–Crippen LogP) is 0.590. The van der Waals surface area contributed by atoms with Crippen LogP contribution in [0, 0.1) is 0 Å². The highest BCUT2D eigenvalue weighted by Crippen LogP contribution is 2.28. The minimum absolute atomic E-state index is 0.203. The van der Waals surface area contributed by atoms with E-state index in [9.17, 15) is 19.8 Å². The minimum Gasteiger partial charge on any atom is -0.479 e. The van der Waals surface area contributed by atoms with E-state index < -0.39 is 23.6 Å². The number of rotatable bonds is 4. The summed E-state index contributed by atoms with van der Waals surface area (Å²) in [6, 6.07) is 9.19.